The summed E-state index contributed by atoms with van der Waals surface area (Å²) >= 11 is 0. The van der Waals surface area contributed by atoms with E-state index in [2.05, 4.69) is 52.6 Å². The summed E-state index contributed by atoms with van der Waals surface area (Å²) in [6, 6.07) is 2.26. The Bertz CT molecular complexity index is 392. The van der Waals surface area contributed by atoms with Crippen molar-refractivity contribution in [3.8, 4) is 6.07 Å². The van der Waals surface area contributed by atoms with Crippen molar-refractivity contribution in [3.05, 3.63) is 23.0 Å². The maximum Gasteiger partial charge on any atom is 0.101 e. The SMILES string of the molecule is CC(C)(C)c1[nH]cc(C#N)c1C(C)(C)C. The van der Waals surface area contributed by atoms with Crippen molar-refractivity contribution in [1.82, 2.24) is 4.98 Å². The molecule has 0 aromatic carbocycles. The van der Waals surface area contributed by atoms with E-state index in [1.165, 1.54) is 5.69 Å². The average molecular weight is 204 g/mol. The first-order valence-electron chi connectivity index (χ1n) is 5.30. The summed E-state index contributed by atoms with van der Waals surface area (Å²) < 4.78 is 0. The van der Waals surface area contributed by atoms with Gasteiger partial charge in [-0.15, -0.1) is 0 Å². The largest absolute Gasteiger partial charge is 0.363 e. The van der Waals surface area contributed by atoms with Crippen LogP contribution in [0.5, 0.6) is 0 Å². The van der Waals surface area contributed by atoms with Gasteiger partial charge in [0.05, 0.1) is 5.56 Å². The highest BCUT2D eigenvalue weighted by Gasteiger charge is 2.29. The molecule has 2 nitrogen and oxygen atoms in total. The van der Waals surface area contributed by atoms with Crippen LogP contribution in [0.15, 0.2) is 6.20 Å². The molecule has 0 bridgehead atoms. The highest BCUT2D eigenvalue weighted by molar-refractivity contribution is 5.46. The summed E-state index contributed by atoms with van der Waals surface area (Å²) in [7, 11) is 0. The monoisotopic (exact) mass is 204 g/mol. The maximum absolute atomic E-state index is 9.09. The number of nitrogens with one attached hydrogen (secondary N) is 1. The van der Waals surface area contributed by atoms with Crippen LogP contribution in [0.25, 0.3) is 0 Å². The Morgan fingerprint density at radius 2 is 1.60 bits per heavy atom. The van der Waals surface area contributed by atoms with E-state index in [0.29, 0.717) is 0 Å². The molecule has 1 aromatic heterocycles. The summed E-state index contributed by atoms with van der Waals surface area (Å²) in [4.78, 5) is 3.25. The first kappa shape index (κ1) is 11.8. The lowest BCUT2D eigenvalue weighted by molar-refractivity contribution is 0.521. The molecule has 0 aliphatic heterocycles. The van der Waals surface area contributed by atoms with Crippen LogP contribution in [-0.2, 0) is 10.8 Å². The molecule has 0 aliphatic carbocycles. The van der Waals surface area contributed by atoms with Gasteiger partial charge in [-0.3, -0.25) is 0 Å². The van der Waals surface area contributed by atoms with Crippen molar-refractivity contribution in [3.63, 3.8) is 0 Å². The molecule has 1 N–H and O–H groups in total. The Labute approximate surface area is 92.3 Å². The molecule has 15 heavy (non-hydrogen) atoms. The predicted octanol–water partition coefficient (Wildman–Crippen LogP) is 3.48. The highest BCUT2D eigenvalue weighted by atomic mass is 14.7. The number of aromatic amines is 1. The molecule has 0 saturated carbocycles. The average Bonchev–Trinajstić information content (AvgIpc) is 2.44. The van der Waals surface area contributed by atoms with Gasteiger partial charge >= 0.3 is 0 Å². The van der Waals surface area contributed by atoms with Crippen molar-refractivity contribution in [1.29, 1.82) is 5.26 Å². The molecular formula is C13H20N2. The lowest BCUT2D eigenvalue weighted by atomic mass is 9.78. The molecule has 0 spiro atoms. The van der Waals surface area contributed by atoms with Gasteiger partial charge in [-0.05, 0) is 11.0 Å². The van der Waals surface area contributed by atoms with Gasteiger partial charge in [-0.1, -0.05) is 41.5 Å². The number of hydrogen-bond donors (Lipinski definition) is 1. The minimum Gasteiger partial charge on any atom is -0.363 e. The Morgan fingerprint density at radius 3 is 1.93 bits per heavy atom. The Kier molecular flexibility index (Phi) is 2.69. The van der Waals surface area contributed by atoms with Gasteiger partial charge in [0.25, 0.3) is 0 Å². The quantitative estimate of drug-likeness (QED) is 0.690. The first-order chi connectivity index (χ1) is 6.68. The molecule has 0 unspecified atom stereocenters. The Hall–Kier alpha value is -1.23. The van der Waals surface area contributed by atoms with Crippen LogP contribution in [0.4, 0.5) is 0 Å². The standard InChI is InChI=1S/C13H20N2/c1-12(2,3)10-9(7-14)8-15-11(10)13(4,5)6/h8,15H,1-6H3. The normalized spacial score (nSPS) is 12.6. The van der Waals surface area contributed by atoms with Crippen molar-refractivity contribution in [2.75, 3.05) is 0 Å². The van der Waals surface area contributed by atoms with Crippen molar-refractivity contribution >= 4 is 0 Å². The van der Waals surface area contributed by atoms with Crippen LogP contribution in [0.3, 0.4) is 0 Å². The van der Waals surface area contributed by atoms with Crippen molar-refractivity contribution in [2.45, 2.75) is 52.4 Å². The predicted molar refractivity (Wildman–Crippen MR) is 62.9 cm³/mol. The van der Waals surface area contributed by atoms with Crippen LogP contribution in [-0.4, -0.2) is 4.98 Å². The molecule has 0 saturated heterocycles. The zero-order valence-electron chi connectivity index (χ0n) is 10.5. The van der Waals surface area contributed by atoms with E-state index in [4.69, 9.17) is 5.26 Å². The number of aromatic nitrogens is 1. The van der Waals surface area contributed by atoms with E-state index in [1.54, 1.807) is 0 Å². The third-order valence-corrected chi connectivity index (χ3v) is 2.50. The zero-order chi connectivity index (χ0) is 11.9. The molecule has 82 valence electrons. The molecule has 0 atom stereocenters. The molecule has 2 heteroatoms. The third-order valence-electron chi connectivity index (χ3n) is 2.50. The van der Waals surface area contributed by atoms with Crippen LogP contribution in [0, 0.1) is 11.3 Å². The number of H-pyrrole nitrogens is 1. The lowest BCUT2D eigenvalue weighted by Crippen LogP contribution is -2.21. The minimum absolute atomic E-state index is 0.00762. The van der Waals surface area contributed by atoms with Crippen LogP contribution < -0.4 is 0 Å². The lowest BCUT2D eigenvalue weighted by Gasteiger charge is -2.26. The minimum atomic E-state index is 0.00762. The van der Waals surface area contributed by atoms with Crippen LogP contribution in [0.1, 0.15) is 58.4 Å². The maximum atomic E-state index is 9.09. The fraction of sp³-hybridized carbons (Fsp3) is 0.615. The van der Waals surface area contributed by atoms with Crippen molar-refractivity contribution in [2.24, 2.45) is 0 Å². The second kappa shape index (κ2) is 3.41. The van der Waals surface area contributed by atoms with Gasteiger partial charge < -0.3 is 4.98 Å². The number of nitrogens with zero attached hydrogens (tertiary/aromatic N) is 1. The number of rotatable bonds is 0. The molecular weight excluding hydrogens is 184 g/mol. The molecule has 0 radical (unpaired) electrons. The molecule has 0 aliphatic rings. The van der Waals surface area contributed by atoms with E-state index >= 15 is 0 Å². The third kappa shape index (κ3) is 2.23. The van der Waals surface area contributed by atoms with Gasteiger partial charge in [-0.2, -0.15) is 5.26 Å². The summed E-state index contributed by atoms with van der Waals surface area (Å²) in [5, 5.41) is 9.09. The summed E-state index contributed by atoms with van der Waals surface area (Å²) in [6.07, 6.45) is 1.82. The molecule has 1 heterocycles. The van der Waals surface area contributed by atoms with E-state index in [0.717, 1.165) is 11.1 Å². The highest BCUT2D eigenvalue weighted by Crippen LogP contribution is 2.35. The molecule has 0 fully saturated rings. The van der Waals surface area contributed by atoms with E-state index in [1.807, 2.05) is 6.20 Å². The fourth-order valence-corrected chi connectivity index (χ4v) is 1.88. The van der Waals surface area contributed by atoms with Gasteiger partial charge in [0.1, 0.15) is 6.07 Å². The Morgan fingerprint density at radius 1 is 1.07 bits per heavy atom. The first-order valence-corrected chi connectivity index (χ1v) is 5.30. The van der Waals surface area contributed by atoms with Gasteiger partial charge in [0, 0.05) is 17.3 Å². The van der Waals surface area contributed by atoms with E-state index < -0.39 is 0 Å². The molecule has 1 aromatic rings. The van der Waals surface area contributed by atoms with Crippen molar-refractivity contribution < 1.29 is 0 Å². The number of hydrogen-bond acceptors (Lipinski definition) is 1. The Balaban J connectivity index is 3.46. The van der Waals surface area contributed by atoms with Crippen LogP contribution in [0.2, 0.25) is 0 Å². The second-order valence-corrected chi connectivity index (χ2v) is 6.06. The number of nitriles is 1. The summed E-state index contributed by atoms with van der Waals surface area (Å²) in [5.41, 5.74) is 3.15. The molecule has 0 amide bonds. The smallest absolute Gasteiger partial charge is 0.101 e. The topological polar surface area (TPSA) is 39.6 Å². The zero-order valence-corrected chi connectivity index (χ0v) is 10.5. The van der Waals surface area contributed by atoms with Gasteiger partial charge in [-0.25, -0.2) is 0 Å². The molecule has 1 rings (SSSR count). The summed E-state index contributed by atoms with van der Waals surface area (Å²) in [5.74, 6) is 0. The van der Waals surface area contributed by atoms with E-state index in [9.17, 15) is 0 Å². The van der Waals surface area contributed by atoms with E-state index in [-0.39, 0.29) is 10.8 Å². The fourth-order valence-electron chi connectivity index (χ4n) is 1.88. The van der Waals surface area contributed by atoms with Gasteiger partial charge in [0.2, 0.25) is 0 Å². The summed E-state index contributed by atoms with van der Waals surface area (Å²) in [6.45, 7) is 12.9. The second-order valence-electron chi connectivity index (χ2n) is 6.06. The van der Waals surface area contributed by atoms with Gasteiger partial charge in [0.15, 0.2) is 0 Å². The van der Waals surface area contributed by atoms with Crippen LogP contribution >= 0.6 is 0 Å².